The van der Waals surface area contributed by atoms with Crippen LogP contribution in [0.2, 0.25) is 0 Å². The Morgan fingerprint density at radius 1 is 1.10 bits per heavy atom. The molecule has 1 aliphatic rings. The number of hydrogen-bond acceptors (Lipinski definition) is 9. The van der Waals surface area contributed by atoms with Gasteiger partial charge in [0, 0.05) is 21.5 Å². The van der Waals surface area contributed by atoms with E-state index in [2.05, 4.69) is 15.9 Å². The molecule has 0 radical (unpaired) electrons. The minimum atomic E-state index is -1.64. The Morgan fingerprint density at radius 2 is 1.88 bits per heavy atom. The number of hydrogen-bond donors (Lipinski definition) is 3. The Hall–Kier alpha value is -4.32. The third-order valence-electron chi connectivity index (χ3n) is 7.76. The molecule has 1 heterocycles. The summed E-state index contributed by atoms with van der Waals surface area (Å²) in [7, 11) is 0. The first-order valence-electron chi connectivity index (χ1n) is 15.6. The van der Waals surface area contributed by atoms with Crippen molar-refractivity contribution in [3.05, 3.63) is 111 Å². The molecule has 3 aromatic carbocycles. The highest BCUT2D eigenvalue weighted by molar-refractivity contribution is 9.10. The predicted molar refractivity (Wildman–Crippen MR) is 188 cm³/mol. The van der Waals surface area contributed by atoms with Gasteiger partial charge in [0.2, 0.25) is 5.78 Å². The fourth-order valence-corrected chi connectivity index (χ4v) is 6.03. The number of carbonyl (C=O) groups is 3. The first kappa shape index (κ1) is 36.5. The Morgan fingerprint density at radius 3 is 2.58 bits per heavy atom. The van der Waals surface area contributed by atoms with Crippen molar-refractivity contribution in [2.75, 3.05) is 6.61 Å². The number of thiocarbonyl (C=S) groups is 1. The molecule has 0 saturated heterocycles. The summed E-state index contributed by atoms with van der Waals surface area (Å²) >= 11 is 8.57. The molecule has 0 fully saturated rings. The van der Waals surface area contributed by atoms with Gasteiger partial charge < -0.3 is 29.5 Å². The molecule has 0 bridgehead atoms. The number of aliphatic hydroxyl groups excluding tert-OH is 1. The highest BCUT2D eigenvalue weighted by Gasteiger charge is 2.38. The lowest BCUT2D eigenvalue weighted by Crippen LogP contribution is -2.40. The monoisotopic (exact) mass is 736 g/mol. The molecule has 4 rings (SSSR count). The van der Waals surface area contributed by atoms with Gasteiger partial charge in [-0.25, -0.2) is 4.79 Å². The molecular weight excluding hydrogens is 700 g/mol. The number of benzene rings is 3. The van der Waals surface area contributed by atoms with Crippen molar-refractivity contribution in [2.24, 2.45) is 0 Å². The lowest BCUT2D eigenvalue weighted by atomic mass is 9.86. The number of allylic oxidation sites excluding steroid dienone is 3. The maximum Gasteiger partial charge on any atom is 0.509 e. The number of para-hydroxylation sites is 1. The zero-order chi connectivity index (χ0) is 34.8. The van der Waals surface area contributed by atoms with Crippen LogP contribution in [0.4, 0.5) is 4.79 Å². The van der Waals surface area contributed by atoms with Crippen LogP contribution < -0.4 is 9.47 Å². The summed E-state index contributed by atoms with van der Waals surface area (Å²) < 4.78 is 17.3. The van der Waals surface area contributed by atoms with Crippen LogP contribution in [0, 0.1) is 0 Å². The van der Waals surface area contributed by atoms with E-state index in [1.54, 1.807) is 54.6 Å². The van der Waals surface area contributed by atoms with Crippen LogP contribution in [0.5, 0.6) is 17.2 Å². The van der Waals surface area contributed by atoms with Crippen LogP contribution in [0.3, 0.4) is 0 Å². The van der Waals surface area contributed by atoms with Crippen LogP contribution >= 0.6 is 28.1 Å². The molecule has 0 aliphatic carbocycles. The third-order valence-corrected chi connectivity index (χ3v) is 8.63. The average Bonchev–Trinajstić information content (AvgIpc) is 3.05. The van der Waals surface area contributed by atoms with E-state index in [4.69, 9.17) is 31.5 Å². The van der Waals surface area contributed by atoms with Gasteiger partial charge in [0.1, 0.15) is 22.1 Å². The fourth-order valence-electron chi connectivity index (χ4n) is 5.41. The van der Waals surface area contributed by atoms with Crippen LogP contribution in [0.15, 0.2) is 83.4 Å². The zero-order valence-corrected chi connectivity index (χ0v) is 29.0. The summed E-state index contributed by atoms with van der Waals surface area (Å²) in [5.74, 6) is -0.784. The van der Waals surface area contributed by atoms with Gasteiger partial charge in [-0.1, -0.05) is 90.1 Å². The molecule has 1 unspecified atom stereocenters. The van der Waals surface area contributed by atoms with E-state index >= 15 is 0 Å². The summed E-state index contributed by atoms with van der Waals surface area (Å²) in [6.07, 6.45) is 6.95. The second kappa shape index (κ2) is 17.2. The van der Waals surface area contributed by atoms with E-state index < -0.39 is 30.3 Å². The van der Waals surface area contributed by atoms with Crippen molar-refractivity contribution in [2.45, 2.75) is 64.3 Å². The van der Waals surface area contributed by atoms with Gasteiger partial charge in [-0.3, -0.25) is 9.59 Å². The molecule has 0 saturated carbocycles. The molecule has 0 spiro atoms. The minimum absolute atomic E-state index is 0.00839. The van der Waals surface area contributed by atoms with Crippen LogP contribution in [0.25, 0.3) is 0 Å². The highest BCUT2D eigenvalue weighted by atomic mass is 79.9. The van der Waals surface area contributed by atoms with Gasteiger partial charge >= 0.3 is 6.16 Å². The summed E-state index contributed by atoms with van der Waals surface area (Å²) in [6, 6.07) is 15.5. The number of halogens is 1. The first-order chi connectivity index (χ1) is 23.0. The highest BCUT2D eigenvalue weighted by Crippen LogP contribution is 2.42. The number of Topliss-reactive ketones (excluding diaryl/α,β-unsaturated/α-hetero) is 2. The number of unbranched alkanes of at least 4 members (excludes halogenated alkanes) is 2. The van der Waals surface area contributed by atoms with Gasteiger partial charge in [-0.05, 0) is 68.5 Å². The Balaban J connectivity index is 1.46. The van der Waals surface area contributed by atoms with Crippen molar-refractivity contribution >= 4 is 50.7 Å². The standard InChI is InChI=1S/C37H37BrO9S/c1-3-12-28-30(19-18-25(22(2)39)32(28)41)45-20-9-7-5-4-6-8-15-26(31(40)23-13-10-14-24(38)21-23)27-16-11-17-29-33(42)35(48)36(46-34(27)29)47-37(43)44/h4,6,8,10-11,13-19,21,26,31,36,40-41H,3,5,7,9,12,20H2,1-2H3,(H,43,44)/b6-4-,15-8+/t26-,31-,36?/m0/s1. The molecule has 48 heavy (non-hydrogen) atoms. The molecule has 252 valence electrons. The van der Waals surface area contributed by atoms with Crippen molar-refractivity contribution < 1.29 is 43.9 Å². The molecule has 3 atom stereocenters. The lowest BCUT2D eigenvalue weighted by molar-refractivity contribution is -0.0126. The average molecular weight is 738 g/mol. The summed E-state index contributed by atoms with van der Waals surface area (Å²) in [6.45, 7) is 3.88. The normalized spacial score (nSPS) is 15.6. The van der Waals surface area contributed by atoms with Gasteiger partial charge in [-0.15, -0.1) is 0 Å². The number of ether oxygens (including phenoxy) is 3. The second-order valence-corrected chi connectivity index (χ2v) is 12.5. The van der Waals surface area contributed by atoms with E-state index in [-0.39, 0.29) is 27.7 Å². The first-order valence-corrected chi connectivity index (χ1v) is 16.8. The van der Waals surface area contributed by atoms with Crippen LogP contribution in [0.1, 0.15) is 89.0 Å². The number of carbonyl (C=O) groups excluding carboxylic acids is 2. The SMILES string of the molecule is CCCc1c(OCCCC/C=C\C=C\[C@@H](c2cccc3c2OC(OC(=O)O)C(=S)C3=O)[C@@H](O)c2cccc(Br)c2)ccc(C(C)=O)c1O. The van der Waals surface area contributed by atoms with Gasteiger partial charge in [0.05, 0.1) is 23.8 Å². The second-order valence-electron chi connectivity index (χ2n) is 11.2. The molecule has 1 aliphatic heterocycles. The number of fused-ring (bicyclic) bond motifs is 1. The van der Waals surface area contributed by atoms with E-state index in [9.17, 15) is 24.6 Å². The number of phenolic OH excluding ortho intramolecular Hbond substituents is 1. The molecule has 11 heteroatoms. The lowest BCUT2D eigenvalue weighted by Gasteiger charge is -2.29. The topological polar surface area (TPSA) is 140 Å². The maximum atomic E-state index is 13.0. The summed E-state index contributed by atoms with van der Waals surface area (Å²) in [5.41, 5.74) is 2.18. The van der Waals surface area contributed by atoms with Gasteiger partial charge in [0.25, 0.3) is 6.29 Å². The Bertz CT molecular complexity index is 1730. The number of phenols is 1. The number of rotatable bonds is 15. The number of aliphatic hydroxyl groups is 1. The fraction of sp³-hybridized carbons (Fsp3) is 0.297. The van der Waals surface area contributed by atoms with E-state index in [0.29, 0.717) is 41.0 Å². The smallest absolute Gasteiger partial charge is 0.507 e. The molecule has 0 amide bonds. The number of ketones is 2. The van der Waals surface area contributed by atoms with Crippen molar-refractivity contribution in [1.82, 2.24) is 0 Å². The van der Waals surface area contributed by atoms with E-state index in [0.717, 1.165) is 30.2 Å². The Labute approximate surface area is 293 Å². The van der Waals surface area contributed by atoms with Gasteiger partial charge in [0.15, 0.2) is 5.78 Å². The summed E-state index contributed by atoms with van der Waals surface area (Å²) in [4.78, 5) is 35.8. The number of aromatic hydroxyl groups is 1. The van der Waals surface area contributed by atoms with Crippen molar-refractivity contribution in [1.29, 1.82) is 0 Å². The quantitative estimate of drug-likeness (QED) is 0.0458. The molecule has 9 nitrogen and oxygen atoms in total. The summed E-state index contributed by atoms with van der Waals surface area (Å²) in [5, 5.41) is 31.3. The molecule has 3 aromatic rings. The third kappa shape index (κ3) is 8.97. The maximum absolute atomic E-state index is 13.0. The zero-order valence-electron chi connectivity index (χ0n) is 26.6. The number of carboxylic acid groups (broad SMARTS) is 1. The van der Waals surface area contributed by atoms with Crippen LogP contribution in [-0.2, 0) is 11.2 Å². The largest absolute Gasteiger partial charge is 0.509 e. The van der Waals surface area contributed by atoms with Crippen molar-refractivity contribution in [3.63, 3.8) is 0 Å². The van der Waals surface area contributed by atoms with E-state index in [1.165, 1.54) is 13.0 Å². The van der Waals surface area contributed by atoms with Crippen LogP contribution in [-0.4, -0.2) is 50.8 Å². The Kier molecular flexibility index (Phi) is 13.1. The van der Waals surface area contributed by atoms with Crippen molar-refractivity contribution in [3.8, 4) is 17.2 Å². The molecule has 3 N–H and O–H groups in total. The van der Waals surface area contributed by atoms with Gasteiger partial charge in [-0.2, -0.15) is 0 Å². The molecule has 0 aromatic heterocycles. The van der Waals surface area contributed by atoms with E-state index in [1.807, 2.05) is 25.1 Å². The minimum Gasteiger partial charge on any atom is -0.507 e. The molecular formula is C37H37BrO9S. The predicted octanol–water partition coefficient (Wildman–Crippen LogP) is 8.45.